The SMILES string of the molecule is C[N-]Cc1cccc([N+](=O)[O-])c1. The Hall–Kier alpha value is -1.42. The Bertz CT molecular complexity index is 286. The van der Waals surface area contributed by atoms with Crippen LogP contribution in [0.15, 0.2) is 24.3 Å². The molecule has 0 bridgehead atoms. The average Bonchev–Trinajstić information content (AvgIpc) is 2.05. The lowest BCUT2D eigenvalue weighted by atomic mass is 10.2. The van der Waals surface area contributed by atoms with Crippen LogP contribution in [-0.4, -0.2) is 12.0 Å². The van der Waals surface area contributed by atoms with Crippen molar-refractivity contribution in [2.45, 2.75) is 6.54 Å². The Balaban J connectivity index is 2.88. The summed E-state index contributed by atoms with van der Waals surface area (Å²) < 4.78 is 0. The van der Waals surface area contributed by atoms with Crippen molar-refractivity contribution in [1.82, 2.24) is 0 Å². The number of hydrogen-bond acceptors (Lipinski definition) is 2. The van der Waals surface area contributed by atoms with E-state index in [1.807, 2.05) is 6.07 Å². The van der Waals surface area contributed by atoms with Crippen LogP contribution in [0.4, 0.5) is 5.69 Å². The normalized spacial score (nSPS) is 9.75. The second kappa shape index (κ2) is 3.82. The van der Waals surface area contributed by atoms with Crippen molar-refractivity contribution in [2.24, 2.45) is 0 Å². The van der Waals surface area contributed by atoms with E-state index >= 15 is 0 Å². The van der Waals surface area contributed by atoms with Gasteiger partial charge in [-0.05, 0) is 0 Å². The van der Waals surface area contributed by atoms with Gasteiger partial charge >= 0.3 is 0 Å². The molecule has 4 nitrogen and oxygen atoms in total. The zero-order chi connectivity index (χ0) is 8.97. The highest BCUT2D eigenvalue weighted by atomic mass is 16.6. The molecule has 0 atom stereocenters. The molecular formula is C8H9N2O2-. The Morgan fingerprint density at radius 3 is 2.92 bits per heavy atom. The minimum Gasteiger partial charge on any atom is -0.661 e. The van der Waals surface area contributed by atoms with E-state index in [1.165, 1.54) is 12.1 Å². The second-order valence-corrected chi connectivity index (χ2v) is 2.40. The Labute approximate surface area is 70.4 Å². The number of nitrogens with zero attached hydrogens (tertiary/aromatic N) is 2. The molecule has 0 fully saturated rings. The van der Waals surface area contributed by atoms with E-state index in [0.717, 1.165) is 5.56 Å². The first-order chi connectivity index (χ1) is 5.74. The third kappa shape index (κ3) is 2.03. The second-order valence-electron chi connectivity index (χ2n) is 2.40. The van der Waals surface area contributed by atoms with Gasteiger partial charge in [-0.3, -0.25) is 10.1 Å². The average molecular weight is 165 g/mol. The fraction of sp³-hybridized carbons (Fsp3) is 0.250. The Morgan fingerprint density at radius 1 is 1.58 bits per heavy atom. The molecule has 4 heteroatoms. The van der Waals surface area contributed by atoms with Gasteiger partial charge in [0.2, 0.25) is 0 Å². The van der Waals surface area contributed by atoms with Gasteiger partial charge in [-0.2, -0.15) is 7.05 Å². The molecule has 0 saturated carbocycles. The Kier molecular flexibility index (Phi) is 2.76. The van der Waals surface area contributed by atoms with E-state index in [9.17, 15) is 10.1 Å². The summed E-state index contributed by atoms with van der Waals surface area (Å²) in [6.45, 7) is 0.529. The number of nitro benzene ring substituents is 1. The van der Waals surface area contributed by atoms with E-state index < -0.39 is 4.92 Å². The first-order valence-electron chi connectivity index (χ1n) is 3.53. The summed E-state index contributed by atoms with van der Waals surface area (Å²) in [5.74, 6) is 0. The molecule has 64 valence electrons. The topological polar surface area (TPSA) is 57.2 Å². The zero-order valence-corrected chi connectivity index (χ0v) is 6.73. The first kappa shape index (κ1) is 8.67. The summed E-state index contributed by atoms with van der Waals surface area (Å²) in [4.78, 5) is 9.93. The highest BCUT2D eigenvalue weighted by Gasteiger charge is 2.02. The molecule has 12 heavy (non-hydrogen) atoms. The summed E-state index contributed by atoms with van der Waals surface area (Å²) in [6.07, 6.45) is 0. The summed E-state index contributed by atoms with van der Waals surface area (Å²) in [6, 6.07) is 6.49. The van der Waals surface area contributed by atoms with Crippen molar-refractivity contribution < 1.29 is 4.92 Å². The van der Waals surface area contributed by atoms with Crippen LogP contribution in [0.5, 0.6) is 0 Å². The molecular weight excluding hydrogens is 156 g/mol. The molecule has 0 amide bonds. The number of rotatable bonds is 3. The van der Waals surface area contributed by atoms with Gasteiger partial charge in [0.15, 0.2) is 0 Å². The zero-order valence-electron chi connectivity index (χ0n) is 6.73. The summed E-state index contributed by atoms with van der Waals surface area (Å²) in [7, 11) is 1.68. The smallest absolute Gasteiger partial charge is 0.269 e. The standard InChI is InChI=1S/C8H9N2O2/c1-9-6-7-3-2-4-8(5-7)10(11)12/h2-5H,6H2,1H3/q-1. The maximum Gasteiger partial charge on any atom is 0.269 e. The molecule has 0 saturated heterocycles. The lowest BCUT2D eigenvalue weighted by Crippen LogP contribution is -1.89. The lowest BCUT2D eigenvalue weighted by molar-refractivity contribution is -0.384. The van der Waals surface area contributed by atoms with E-state index in [-0.39, 0.29) is 5.69 Å². The van der Waals surface area contributed by atoms with Crippen molar-refractivity contribution in [2.75, 3.05) is 7.05 Å². The molecule has 0 unspecified atom stereocenters. The first-order valence-corrected chi connectivity index (χ1v) is 3.53. The highest BCUT2D eigenvalue weighted by molar-refractivity contribution is 5.34. The largest absolute Gasteiger partial charge is 0.661 e. The van der Waals surface area contributed by atoms with Crippen LogP contribution in [0, 0.1) is 10.1 Å². The molecule has 0 aromatic heterocycles. The third-order valence-electron chi connectivity index (χ3n) is 1.46. The molecule has 1 aromatic rings. The molecule has 1 rings (SSSR count). The number of hydrogen-bond donors (Lipinski definition) is 0. The van der Waals surface area contributed by atoms with Crippen molar-refractivity contribution in [3.63, 3.8) is 0 Å². The van der Waals surface area contributed by atoms with Gasteiger partial charge in [0.1, 0.15) is 0 Å². The molecule has 0 N–H and O–H groups in total. The minimum absolute atomic E-state index is 0.121. The number of benzene rings is 1. The van der Waals surface area contributed by atoms with Gasteiger partial charge in [-0.1, -0.05) is 17.7 Å². The van der Waals surface area contributed by atoms with Crippen molar-refractivity contribution >= 4 is 5.69 Å². The van der Waals surface area contributed by atoms with E-state index in [2.05, 4.69) is 5.32 Å². The molecule has 0 heterocycles. The van der Waals surface area contributed by atoms with Crippen LogP contribution in [0.1, 0.15) is 5.56 Å². The monoisotopic (exact) mass is 165 g/mol. The maximum absolute atomic E-state index is 10.3. The lowest BCUT2D eigenvalue weighted by Gasteiger charge is -2.09. The van der Waals surface area contributed by atoms with Gasteiger partial charge in [0, 0.05) is 12.1 Å². The predicted octanol–water partition coefficient (Wildman–Crippen LogP) is 2.10. The van der Waals surface area contributed by atoms with Crippen LogP contribution in [-0.2, 0) is 6.54 Å². The third-order valence-corrected chi connectivity index (χ3v) is 1.46. The van der Waals surface area contributed by atoms with Crippen LogP contribution in [0.3, 0.4) is 0 Å². The molecule has 0 aliphatic rings. The van der Waals surface area contributed by atoms with Crippen LogP contribution in [0.2, 0.25) is 0 Å². The van der Waals surface area contributed by atoms with Crippen molar-refractivity contribution in [3.05, 3.63) is 45.3 Å². The van der Waals surface area contributed by atoms with Crippen molar-refractivity contribution in [1.29, 1.82) is 0 Å². The highest BCUT2D eigenvalue weighted by Crippen LogP contribution is 2.14. The number of non-ortho nitro benzene ring substituents is 1. The molecule has 0 radical (unpaired) electrons. The van der Waals surface area contributed by atoms with Gasteiger partial charge in [-0.25, -0.2) is 0 Å². The summed E-state index contributed by atoms with van der Waals surface area (Å²) >= 11 is 0. The summed E-state index contributed by atoms with van der Waals surface area (Å²) in [5, 5.41) is 14.2. The Morgan fingerprint density at radius 2 is 2.33 bits per heavy atom. The predicted molar refractivity (Wildman–Crippen MR) is 46.1 cm³/mol. The molecule has 0 aliphatic heterocycles. The quantitative estimate of drug-likeness (QED) is 0.508. The molecule has 0 aliphatic carbocycles. The van der Waals surface area contributed by atoms with Gasteiger partial charge < -0.3 is 5.32 Å². The van der Waals surface area contributed by atoms with Gasteiger partial charge in [-0.15, -0.1) is 6.54 Å². The minimum atomic E-state index is -0.404. The fourth-order valence-electron chi connectivity index (χ4n) is 0.951. The molecule has 0 spiro atoms. The van der Waals surface area contributed by atoms with Gasteiger partial charge in [0.25, 0.3) is 5.69 Å². The van der Waals surface area contributed by atoms with E-state index in [4.69, 9.17) is 0 Å². The maximum atomic E-state index is 10.3. The van der Waals surface area contributed by atoms with Crippen molar-refractivity contribution in [3.8, 4) is 0 Å². The number of nitro groups is 1. The van der Waals surface area contributed by atoms with Gasteiger partial charge in [0.05, 0.1) is 4.92 Å². The fourth-order valence-corrected chi connectivity index (χ4v) is 0.951. The van der Waals surface area contributed by atoms with Crippen LogP contribution in [0.25, 0.3) is 5.32 Å². The van der Waals surface area contributed by atoms with Crippen LogP contribution >= 0.6 is 0 Å². The molecule has 1 aromatic carbocycles. The van der Waals surface area contributed by atoms with Crippen LogP contribution < -0.4 is 0 Å². The van der Waals surface area contributed by atoms with E-state index in [0.29, 0.717) is 6.54 Å². The van der Waals surface area contributed by atoms with E-state index in [1.54, 1.807) is 13.1 Å². The summed E-state index contributed by atoms with van der Waals surface area (Å²) in [5.41, 5.74) is 0.989.